The van der Waals surface area contributed by atoms with E-state index in [0.29, 0.717) is 5.56 Å². The van der Waals surface area contributed by atoms with E-state index < -0.39 is 12.0 Å². The average Bonchev–Trinajstić information content (AvgIpc) is 2.46. The van der Waals surface area contributed by atoms with Gasteiger partial charge in [-0.1, -0.05) is 36.8 Å². The van der Waals surface area contributed by atoms with Crippen LogP contribution in [0.2, 0.25) is 0 Å². The van der Waals surface area contributed by atoms with Crippen LogP contribution in [0, 0.1) is 0 Å². The molecule has 1 aliphatic rings. The van der Waals surface area contributed by atoms with Gasteiger partial charge in [-0.3, -0.25) is 4.79 Å². The number of benzene rings is 1. The topological polar surface area (TPSA) is 78.4 Å². The molecule has 1 saturated heterocycles. The Balaban J connectivity index is 2.04. The summed E-state index contributed by atoms with van der Waals surface area (Å²) in [5, 5.41) is 14.9. The number of nitrogens with one attached hydrogen (secondary N) is 2. The van der Waals surface area contributed by atoms with Crippen LogP contribution >= 0.6 is 0 Å². The van der Waals surface area contributed by atoms with Gasteiger partial charge in [0, 0.05) is 0 Å². The van der Waals surface area contributed by atoms with E-state index >= 15 is 0 Å². The Bertz CT molecular complexity index is 441. The number of carbonyl (C=O) groups is 2. The van der Waals surface area contributed by atoms with E-state index in [-0.39, 0.29) is 11.9 Å². The highest BCUT2D eigenvalue weighted by Gasteiger charge is 2.27. The Kier molecular flexibility index (Phi) is 4.52. The number of hydrogen-bond donors (Lipinski definition) is 3. The largest absolute Gasteiger partial charge is 0.479 e. The van der Waals surface area contributed by atoms with Crippen LogP contribution in [-0.2, 0) is 9.59 Å². The number of aliphatic carboxylic acids is 1. The summed E-state index contributed by atoms with van der Waals surface area (Å²) in [6.07, 6.45) is 2.81. The fraction of sp³-hybridized carbons (Fsp3) is 0.429. The highest BCUT2D eigenvalue weighted by Crippen LogP contribution is 2.14. The lowest BCUT2D eigenvalue weighted by molar-refractivity contribution is -0.142. The van der Waals surface area contributed by atoms with Gasteiger partial charge in [-0.25, -0.2) is 4.79 Å². The number of carbonyl (C=O) groups excluding carboxylic acids is 1. The highest BCUT2D eigenvalue weighted by atomic mass is 16.4. The number of amides is 1. The standard InChI is InChI=1S/C14H18N2O3/c17-13(11-8-4-5-9-15-11)16-12(14(18)19)10-6-2-1-3-7-10/h1-3,6-7,11-12,15H,4-5,8-9H2,(H,16,17)(H,18,19)/t11?,12-/m1/s1. The van der Waals surface area contributed by atoms with Crippen LogP contribution in [0.25, 0.3) is 0 Å². The summed E-state index contributed by atoms with van der Waals surface area (Å²) in [4.78, 5) is 23.3. The van der Waals surface area contributed by atoms with Crippen LogP contribution in [0.15, 0.2) is 30.3 Å². The second-order valence-corrected chi connectivity index (χ2v) is 4.69. The van der Waals surface area contributed by atoms with Gasteiger partial charge in [-0.15, -0.1) is 0 Å². The summed E-state index contributed by atoms with van der Waals surface area (Å²) >= 11 is 0. The van der Waals surface area contributed by atoms with E-state index in [9.17, 15) is 14.7 Å². The third kappa shape index (κ3) is 3.54. The monoisotopic (exact) mass is 262 g/mol. The molecule has 102 valence electrons. The van der Waals surface area contributed by atoms with Gasteiger partial charge in [0.15, 0.2) is 6.04 Å². The van der Waals surface area contributed by atoms with Crippen LogP contribution in [0.3, 0.4) is 0 Å². The van der Waals surface area contributed by atoms with Gasteiger partial charge in [0.05, 0.1) is 6.04 Å². The van der Waals surface area contributed by atoms with Gasteiger partial charge in [-0.2, -0.15) is 0 Å². The summed E-state index contributed by atoms with van der Waals surface area (Å²) in [6, 6.07) is 7.47. The van der Waals surface area contributed by atoms with Gasteiger partial charge in [-0.05, 0) is 24.9 Å². The zero-order chi connectivity index (χ0) is 13.7. The highest BCUT2D eigenvalue weighted by molar-refractivity contribution is 5.87. The van der Waals surface area contributed by atoms with Gasteiger partial charge in [0.1, 0.15) is 0 Å². The van der Waals surface area contributed by atoms with Crippen molar-refractivity contribution in [2.45, 2.75) is 31.3 Å². The number of carboxylic acids is 1. The fourth-order valence-corrected chi connectivity index (χ4v) is 2.25. The normalized spacial score (nSPS) is 20.5. The second-order valence-electron chi connectivity index (χ2n) is 4.69. The molecular formula is C14H18N2O3. The zero-order valence-electron chi connectivity index (χ0n) is 10.6. The third-order valence-electron chi connectivity index (χ3n) is 3.29. The first-order valence-corrected chi connectivity index (χ1v) is 6.50. The first-order valence-electron chi connectivity index (χ1n) is 6.50. The molecule has 5 heteroatoms. The molecule has 0 saturated carbocycles. The van der Waals surface area contributed by atoms with Crippen molar-refractivity contribution in [1.82, 2.24) is 10.6 Å². The van der Waals surface area contributed by atoms with Crippen molar-refractivity contribution < 1.29 is 14.7 Å². The van der Waals surface area contributed by atoms with Crippen molar-refractivity contribution in [1.29, 1.82) is 0 Å². The van der Waals surface area contributed by atoms with E-state index in [2.05, 4.69) is 10.6 Å². The molecule has 2 atom stereocenters. The van der Waals surface area contributed by atoms with Crippen molar-refractivity contribution in [3.8, 4) is 0 Å². The maximum atomic E-state index is 12.0. The molecule has 19 heavy (non-hydrogen) atoms. The van der Waals surface area contributed by atoms with E-state index in [0.717, 1.165) is 25.8 Å². The van der Waals surface area contributed by atoms with E-state index in [4.69, 9.17) is 0 Å². The quantitative estimate of drug-likeness (QED) is 0.758. The van der Waals surface area contributed by atoms with Crippen molar-refractivity contribution in [2.24, 2.45) is 0 Å². The summed E-state index contributed by atoms with van der Waals surface area (Å²) in [5.74, 6) is -1.29. The third-order valence-corrected chi connectivity index (χ3v) is 3.29. The van der Waals surface area contributed by atoms with Crippen molar-refractivity contribution in [3.05, 3.63) is 35.9 Å². The molecule has 1 amide bonds. The molecule has 0 bridgehead atoms. The molecule has 2 rings (SSSR count). The smallest absolute Gasteiger partial charge is 0.330 e. The average molecular weight is 262 g/mol. The van der Waals surface area contributed by atoms with Gasteiger partial charge in [0.25, 0.3) is 0 Å². The SMILES string of the molecule is O=C(N[C@@H](C(=O)O)c1ccccc1)C1CCCCN1. The molecule has 0 radical (unpaired) electrons. The molecule has 1 unspecified atom stereocenters. The fourth-order valence-electron chi connectivity index (χ4n) is 2.25. The summed E-state index contributed by atoms with van der Waals surface area (Å²) < 4.78 is 0. The van der Waals surface area contributed by atoms with Crippen LogP contribution in [-0.4, -0.2) is 29.6 Å². The Hall–Kier alpha value is -1.88. The molecule has 1 heterocycles. The molecule has 0 spiro atoms. The van der Waals surface area contributed by atoms with Crippen molar-refractivity contribution in [3.63, 3.8) is 0 Å². The van der Waals surface area contributed by atoms with Crippen molar-refractivity contribution >= 4 is 11.9 Å². The van der Waals surface area contributed by atoms with Crippen LogP contribution in [0.5, 0.6) is 0 Å². The number of carboxylic acid groups (broad SMARTS) is 1. The lowest BCUT2D eigenvalue weighted by atomic mass is 10.0. The maximum Gasteiger partial charge on any atom is 0.330 e. The Morgan fingerprint density at radius 3 is 2.58 bits per heavy atom. The van der Waals surface area contributed by atoms with E-state index in [1.165, 1.54) is 0 Å². The van der Waals surface area contributed by atoms with Crippen molar-refractivity contribution in [2.75, 3.05) is 6.54 Å². The Labute approximate surface area is 112 Å². The first-order chi connectivity index (χ1) is 9.18. The summed E-state index contributed by atoms with van der Waals surface area (Å²) in [5.41, 5.74) is 0.583. The molecule has 1 aliphatic heterocycles. The van der Waals surface area contributed by atoms with Gasteiger partial charge < -0.3 is 15.7 Å². The summed E-state index contributed by atoms with van der Waals surface area (Å²) in [6.45, 7) is 0.807. The molecule has 1 aromatic rings. The molecule has 5 nitrogen and oxygen atoms in total. The predicted molar refractivity (Wildman–Crippen MR) is 70.6 cm³/mol. The minimum absolute atomic E-state index is 0.240. The molecule has 0 aliphatic carbocycles. The second kappa shape index (κ2) is 6.33. The van der Waals surface area contributed by atoms with Gasteiger partial charge >= 0.3 is 5.97 Å². The van der Waals surface area contributed by atoms with Crippen LogP contribution < -0.4 is 10.6 Å². The first kappa shape index (κ1) is 13.5. The molecule has 1 fully saturated rings. The number of hydrogen-bond acceptors (Lipinski definition) is 3. The molecule has 0 aromatic heterocycles. The number of piperidine rings is 1. The van der Waals surface area contributed by atoms with Crippen LogP contribution in [0.1, 0.15) is 30.9 Å². The predicted octanol–water partition coefficient (Wildman–Crippen LogP) is 1.07. The zero-order valence-corrected chi connectivity index (χ0v) is 10.6. The molecule has 1 aromatic carbocycles. The minimum atomic E-state index is -1.05. The van der Waals surface area contributed by atoms with E-state index in [1.54, 1.807) is 24.3 Å². The maximum absolute atomic E-state index is 12.0. The Morgan fingerprint density at radius 1 is 1.26 bits per heavy atom. The lowest BCUT2D eigenvalue weighted by Gasteiger charge is -2.24. The van der Waals surface area contributed by atoms with Crippen LogP contribution in [0.4, 0.5) is 0 Å². The lowest BCUT2D eigenvalue weighted by Crippen LogP contribution is -2.48. The molecular weight excluding hydrogens is 244 g/mol. The molecule has 3 N–H and O–H groups in total. The Morgan fingerprint density at radius 2 is 2.00 bits per heavy atom. The minimum Gasteiger partial charge on any atom is -0.479 e. The number of rotatable bonds is 4. The summed E-state index contributed by atoms with van der Waals surface area (Å²) in [7, 11) is 0. The van der Waals surface area contributed by atoms with E-state index in [1.807, 2.05) is 6.07 Å². The van der Waals surface area contributed by atoms with Gasteiger partial charge in [0.2, 0.25) is 5.91 Å².